The van der Waals surface area contributed by atoms with Gasteiger partial charge in [0.05, 0.1) is 45.2 Å². The summed E-state index contributed by atoms with van der Waals surface area (Å²) in [6, 6.07) is 21.3. The van der Waals surface area contributed by atoms with E-state index in [0.717, 1.165) is 16.7 Å². The summed E-state index contributed by atoms with van der Waals surface area (Å²) in [6.07, 6.45) is -0.678. The molecule has 0 aromatic heterocycles. The molecule has 0 saturated carbocycles. The molecule has 1 fully saturated rings. The Kier molecular flexibility index (Phi) is 9.76. The summed E-state index contributed by atoms with van der Waals surface area (Å²) in [4.78, 5) is 0.615. The van der Waals surface area contributed by atoms with E-state index in [4.69, 9.17) is 4.36 Å². The minimum Gasteiger partial charge on any atom is -0.394 e. The second-order valence-electron chi connectivity index (χ2n) is 11.5. The van der Waals surface area contributed by atoms with Crippen molar-refractivity contribution in [2.75, 3.05) is 12.4 Å². The highest BCUT2D eigenvalue weighted by Crippen LogP contribution is 2.39. The fraction of sp³-hybridized carbons (Fsp3) is 0.438. The van der Waals surface area contributed by atoms with E-state index < -0.39 is 49.9 Å². The van der Waals surface area contributed by atoms with Crippen molar-refractivity contribution in [1.82, 2.24) is 4.31 Å². The minimum absolute atomic E-state index is 0.0731. The molecule has 1 saturated heterocycles. The number of benzene rings is 3. The third-order valence-electron chi connectivity index (χ3n) is 8.13. The van der Waals surface area contributed by atoms with Gasteiger partial charge in [-0.3, -0.25) is 0 Å². The van der Waals surface area contributed by atoms with Crippen LogP contribution in [0.5, 0.6) is 0 Å². The third-order valence-corrected chi connectivity index (χ3v) is 12.5. The van der Waals surface area contributed by atoms with E-state index in [2.05, 4.69) is 0 Å². The molecule has 1 aliphatic heterocycles. The highest BCUT2D eigenvalue weighted by molar-refractivity contribution is 7.93. The van der Waals surface area contributed by atoms with Crippen LogP contribution in [0.3, 0.4) is 0 Å². The van der Waals surface area contributed by atoms with Crippen molar-refractivity contribution in [2.45, 2.75) is 75.1 Å². The van der Waals surface area contributed by atoms with E-state index in [1.165, 1.54) is 4.31 Å². The molecule has 4 rings (SSSR count). The number of sulfonamides is 1. The average Bonchev–Trinajstić information content (AvgIpc) is 3.17. The van der Waals surface area contributed by atoms with E-state index in [0.29, 0.717) is 11.3 Å². The largest absolute Gasteiger partial charge is 0.394 e. The van der Waals surface area contributed by atoms with E-state index in [1.54, 1.807) is 36.4 Å². The molecule has 0 amide bonds. The second-order valence-corrected chi connectivity index (χ2v) is 15.7. The molecule has 1 aliphatic rings. The van der Waals surface area contributed by atoms with Gasteiger partial charge in [0.15, 0.2) is 0 Å². The van der Waals surface area contributed by atoms with Crippen LogP contribution < -0.4 is 0 Å². The van der Waals surface area contributed by atoms with Crippen LogP contribution in [-0.2, 0) is 26.2 Å². The lowest BCUT2D eigenvalue weighted by molar-refractivity contribution is 0.113. The van der Waals surface area contributed by atoms with Gasteiger partial charge in [0, 0.05) is 16.9 Å². The first-order valence-corrected chi connectivity index (χ1v) is 17.2. The number of aliphatic hydroxyl groups is 2. The second kappa shape index (κ2) is 12.8. The molecule has 0 aliphatic carbocycles. The van der Waals surface area contributed by atoms with Crippen LogP contribution in [0, 0.1) is 25.7 Å². The molecule has 222 valence electrons. The summed E-state index contributed by atoms with van der Waals surface area (Å²) in [5, 5.41) is 21.7. The van der Waals surface area contributed by atoms with E-state index >= 15 is 0 Å². The molecular weight excluding hydrogens is 556 g/mol. The quantitative estimate of drug-likeness (QED) is 0.348. The topological polar surface area (TPSA) is 107 Å². The van der Waals surface area contributed by atoms with Crippen molar-refractivity contribution < 1.29 is 22.8 Å². The first-order valence-electron chi connectivity index (χ1n) is 14.1. The van der Waals surface area contributed by atoms with Gasteiger partial charge in [-0.05, 0) is 56.0 Å². The Morgan fingerprint density at radius 1 is 0.829 bits per heavy atom. The summed E-state index contributed by atoms with van der Waals surface area (Å²) in [7, 11) is -7.31. The number of aliphatic hydroxyl groups excluding tert-OH is 2. The van der Waals surface area contributed by atoms with Gasteiger partial charge < -0.3 is 10.2 Å². The summed E-state index contributed by atoms with van der Waals surface area (Å²) in [5.74, 6) is -0.693. The van der Waals surface area contributed by atoms with Crippen LogP contribution >= 0.6 is 0 Å². The van der Waals surface area contributed by atoms with Crippen LogP contribution in [0.2, 0.25) is 0 Å². The van der Waals surface area contributed by atoms with Gasteiger partial charge in [-0.1, -0.05) is 86.5 Å². The summed E-state index contributed by atoms with van der Waals surface area (Å²) < 4.78 is 49.8. The molecule has 2 N–H and O–H groups in total. The maximum Gasteiger partial charge on any atom is 0.243 e. The average molecular weight is 599 g/mol. The standard InChI is InChI=1S/C32H42N2O5S2/c1-22(2)29(20-35)33-40(37,27-15-11-23(3)12-16-27)21-31-25(5)32(36)30(19-26-9-7-6-8-10-26)34(31)41(38,39)28-17-13-24(4)14-18-28/h6-18,22,25,29-32,35-36H,19-21H2,1-5H3/t25-,29-,30+,31-,32-,40+/m1/s1. The number of rotatable bonds is 10. The van der Waals surface area contributed by atoms with Gasteiger partial charge in [-0.15, -0.1) is 0 Å². The Balaban J connectivity index is 1.88. The Morgan fingerprint density at radius 2 is 1.37 bits per heavy atom. The lowest BCUT2D eigenvalue weighted by atomic mass is 9.96. The van der Waals surface area contributed by atoms with Gasteiger partial charge in [-0.25, -0.2) is 17.0 Å². The van der Waals surface area contributed by atoms with Gasteiger partial charge in [-0.2, -0.15) is 4.31 Å². The van der Waals surface area contributed by atoms with Gasteiger partial charge in [0.1, 0.15) is 0 Å². The molecule has 1 heterocycles. The first kappa shape index (κ1) is 31.4. The predicted molar refractivity (Wildman–Crippen MR) is 164 cm³/mol. The van der Waals surface area contributed by atoms with Crippen LogP contribution in [-0.4, -0.2) is 63.7 Å². The lowest BCUT2D eigenvalue weighted by Crippen LogP contribution is -2.47. The summed E-state index contributed by atoms with van der Waals surface area (Å²) in [5.41, 5.74) is 2.83. The Bertz CT molecular complexity index is 1530. The Morgan fingerprint density at radius 3 is 1.88 bits per heavy atom. The Labute approximate surface area is 245 Å². The molecule has 0 spiro atoms. The van der Waals surface area contributed by atoms with E-state index in [-0.39, 0.29) is 23.2 Å². The molecule has 3 aromatic rings. The third kappa shape index (κ3) is 6.75. The molecule has 0 unspecified atom stereocenters. The normalized spacial score (nSPS) is 23.8. The van der Waals surface area contributed by atoms with Crippen molar-refractivity contribution in [1.29, 1.82) is 0 Å². The zero-order valence-corrected chi connectivity index (χ0v) is 26.1. The fourth-order valence-corrected chi connectivity index (χ4v) is 10.1. The lowest BCUT2D eigenvalue weighted by Gasteiger charge is -2.31. The molecule has 3 aromatic carbocycles. The predicted octanol–water partition coefficient (Wildman–Crippen LogP) is 4.83. The SMILES string of the molecule is Cc1ccc(S(=O)(=O)N2[C@H](C[S@@](=O)(=N[C@H](CO)C(C)C)c3ccc(C)cc3)[C@@H](C)[C@@H](O)[C@@H]2Cc2ccccc2)cc1. The zero-order valence-electron chi connectivity index (χ0n) is 24.4. The highest BCUT2D eigenvalue weighted by Gasteiger charge is 2.52. The van der Waals surface area contributed by atoms with Crippen molar-refractivity contribution in [3.63, 3.8) is 0 Å². The fourth-order valence-electron chi connectivity index (χ4n) is 5.45. The van der Waals surface area contributed by atoms with Crippen LogP contribution in [0.25, 0.3) is 0 Å². The molecule has 0 radical (unpaired) electrons. The highest BCUT2D eigenvalue weighted by atomic mass is 32.2. The number of aryl methyl sites for hydroxylation is 2. The molecule has 0 bridgehead atoms. The van der Waals surface area contributed by atoms with Gasteiger partial charge >= 0.3 is 0 Å². The summed E-state index contributed by atoms with van der Waals surface area (Å²) in [6.45, 7) is 9.19. The monoisotopic (exact) mass is 598 g/mol. The van der Waals surface area contributed by atoms with Gasteiger partial charge in [0.25, 0.3) is 0 Å². The number of hydrogen-bond donors (Lipinski definition) is 2. The van der Waals surface area contributed by atoms with E-state index in [9.17, 15) is 22.8 Å². The van der Waals surface area contributed by atoms with Crippen LogP contribution in [0.1, 0.15) is 37.5 Å². The maximum atomic E-state index is 14.9. The van der Waals surface area contributed by atoms with Crippen LogP contribution in [0.15, 0.2) is 93.0 Å². The molecular formula is C32H42N2O5S2. The zero-order chi connectivity index (χ0) is 29.9. The van der Waals surface area contributed by atoms with Crippen molar-refractivity contribution in [2.24, 2.45) is 16.2 Å². The van der Waals surface area contributed by atoms with E-state index in [1.807, 2.05) is 77.1 Å². The molecule has 41 heavy (non-hydrogen) atoms. The first-order chi connectivity index (χ1) is 19.4. The maximum absolute atomic E-state index is 14.9. The van der Waals surface area contributed by atoms with Crippen molar-refractivity contribution in [3.05, 3.63) is 95.6 Å². The van der Waals surface area contributed by atoms with Gasteiger partial charge in [0.2, 0.25) is 10.0 Å². The molecule has 9 heteroatoms. The number of nitrogens with zero attached hydrogens (tertiary/aromatic N) is 2. The van der Waals surface area contributed by atoms with Crippen molar-refractivity contribution >= 4 is 19.8 Å². The number of hydrogen-bond acceptors (Lipinski definition) is 6. The summed E-state index contributed by atoms with van der Waals surface area (Å²) >= 11 is 0. The molecule has 6 atom stereocenters. The van der Waals surface area contributed by atoms with Crippen molar-refractivity contribution in [3.8, 4) is 0 Å². The minimum atomic E-state index is -4.09. The molecule has 7 nitrogen and oxygen atoms in total. The van der Waals surface area contributed by atoms with Crippen LogP contribution in [0.4, 0.5) is 0 Å². The smallest absolute Gasteiger partial charge is 0.243 e. The Hall–Kier alpha value is -2.56.